The van der Waals surface area contributed by atoms with Crippen LogP contribution in [-0.4, -0.2) is 50.3 Å². The van der Waals surface area contributed by atoms with E-state index < -0.39 is 5.41 Å². The van der Waals surface area contributed by atoms with Crippen LogP contribution in [0.25, 0.3) is 0 Å². The van der Waals surface area contributed by atoms with Gasteiger partial charge in [0.1, 0.15) is 5.75 Å². The van der Waals surface area contributed by atoms with Crippen molar-refractivity contribution < 1.29 is 19.1 Å². The van der Waals surface area contributed by atoms with E-state index in [1.807, 2.05) is 24.3 Å². The van der Waals surface area contributed by atoms with E-state index in [1.54, 1.807) is 12.0 Å². The highest BCUT2D eigenvalue weighted by Crippen LogP contribution is 2.40. The highest BCUT2D eigenvalue weighted by Gasteiger charge is 2.42. The molecule has 2 aliphatic rings. The molecular formula is C21H30N2O4. The van der Waals surface area contributed by atoms with Crippen LogP contribution in [0.2, 0.25) is 0 Å². The lowest BCUT2D eigenvalue weighted by atomic mass is 9.68. The predicted octanol–water partition coefficient (Wildman–Crippen LogP) is 3.24. The van der Waals surface area contributed by atoms with E-state index in [0.717, 1.165) is 49.8 Å². The Morgan fingerprint density at radius 2 is 1.67 bits per heavy atom. The van der Waals surface area contributed by atoms with E-state index in [2.05, 4.69) is 5.32 Å². The standard InChI is InChI=1S/C21H30N2O4/c1-26-18-8-6-16(7-9-18)21(12-4-3-5-13-21)19(24)22-17-10-14-23(15-11-17)20(25)27-2/h6-9,17H,3-5,10-15H2,1-2H3,(H,22,24). The molecule has 0 radical (unpaired) electrons. The lowest BCUT2D eigenvalue weighted by molar-refractivity contribution is -0.129. The van der Waals surface area contributed by atoms with Crippen LogP contribution in [0.5, 0.6) is 5.75 Å². The minimum atomic E-state index is -0.454. The first-order valence-electron chi connectivity index (χ1n) is 9.87. The summed E-state index contributed by atoms with van der Waals surface area (Å²) in [6.07, 6.45) is 6.32. The van der Waals surface area contributed by atoms with Gasteiger partial charge < -0.3 is 19.7 Å². The Labute approximate surface area is 161 Å². The first kappa shape index (κ1) is 19.5. The number of nitrogens with zero attached hydrogens (tertiary/aromatic N) is 1. The summed E-state index contributed by atoms with van der Waals surface area (Å²) < 4.78 is 10.1. The highest BCUT2D eigenvalue weighted by molar-refractivity contribution is 5.88. The fraction of sp³-hybridized carbons (Fsp3) is 0.619. The molecule has 2 amide bonds. The molecule has 1 aromatic carbocycles. The number of carbonyl (C=O) groups excluding carboxylic acids is 2. The Morgan fingerprint density at radius 3 is 2.22 bits per heavy atom. The van der Waals surface area contributed by atoms with Crippen LogP contribution >= 0.6 is 0 Å². The van der Waals surface area contributed by atoms with Crippen molar-refractivity contribution in [3.05, 3.63) is 29.8 Å². The Hall–Kier alpha value is -2.24. The SMILES string of the molecule is COC(=O)N1CCC(NC(=O)C2(c3ccc(OC)cc3)CCCCC2)CC1. The molecule has 0 spiro atoms. The third kappa shape index (κ3) is 4.20. The van der Waals surface area contributed by atoms with Gasteiger partial charge in [0.2, 0.25) is 5.91 Å². The van der Waals surface area contributed by atoms with Gasteiger partial charge in [-0.2, -0.15) is 0 Å². The van der Waals surface area contributed by atoms with Crippen LogP contribution in [0.4, 0.5) is 4.79 Å². The smallest absolute Gasteiger partial charge is 0.409 e. The van der Waals surface area contributed by atoms with E-state index in [1.165, 1.54) is 13.5 Å². The van der Waals surface area contributed by atoms with E-state index in [9.17, 15) is 9.59 Å². The Balaban J connectivity index is 1.70. The number of ether oxygens (including phenoxy) is 2. The van der Waals surface area contributed by atoms with Gasteiger partial charge in [-0.15, -0.1) is 0 Å². The molecule has 0 atom stereocenters. The molecule has 6 heteroatoms. The number of hydrogen-bond donors (Lipinski definition) is 1. The molecule has 0 aromatic heterocycles. The van der Waals surface area contributed by atoms with Gasteiger partial charge in [-0.1, -0.05) is 31.4 Å². The second kappa shape index (κ2) is 8.63. The Bertz CT molecular complexity index is 645. The second-order valence-corrected chi connectivity index (χ2v) is 7.58. The number of carbonyl (C=O) groups is 2. The molecule has 2 fully saturated rings. The highest BCUT2D eigenvalue weighted by atomic mass is 16.5. The van der Waals surface area contributed by atoms with Crippen LogP contribution < -0.4 is 10.1 Å². The summed E-state index contributed by atoms with van der Waals surface area (Å²) in [6, 6.07) is 8.05. The van der Waals surface area contributed by atoms with Gasteiger partial charge in [0, 0.05) is 19.1 Å². The van der Waals surface area contributed by atoms with Crippen molar-refractivity contribution in [2.75, 3.05) is 27.3 Å². The van der Waals surface area contributed by atoms with Gasteiger partial charge in [-0.05, 0) is 43.4 Å². The van der Waals surface area contributed by atoms with E-state index >= 15 is 0 Å². The molecule has 148 valence electrons. The van der Waals surface area contributed by atoms with Crippen LogP contribution in [0.15, 0.2) is 24.3 Å². The zero-order valence-corrected chi connectivity index (χ0v) is 16.3. The third-order valence-electron chi connectivity index (χ3n) is 6.05. The number of amides is 2. The molecule has 0 bridgehead atoms. The minimum Gasteiger partial charge on any atom is -0.497 e. The number of piperidine rings is 1. The van der Waals surface area contributed by atoms with Crippen molar-refractivity contribution in [1.82, 2.24) is 10.2 Å². The largest absolute Gasteiger partial charge is 0.497 e. The Morgan fingerprint density at radius 1 is 1.04 bits per heavy atom. The number of methoxy groups -OCH3 is 2. The van der Waals surface area contributed by atoms with Crippen molar-refractivity contribution in [3.8, 4) is 5.75 Å². The summed E-state index contributed by atoms with van der Waals surface area (Å²) in [4.78, 5) is 26.7. The maximum absolute atomic E-state index is 13.4. The van der Waals surface area contributed by atoms with E-state index in [-0.39, 0.29) is 18.0 Å². The van der Waals surface area contributed by atoms with Crippen molar-refractivity contribution >= 4 is 12.0 Å². The van der Waals surface area contributed by atoms with Gasteiger partial charge in [-0.25, -0.2) is 4.79 Å². The molecular weight excluding hydrogens is 344 g/mol. The maximum Gasteiger partial charge on any atom is 0.409 e. The molecule has 1 heterocycles. The van der Waals surface area contributed by atoms with Crippen LogP contribution in [0.1, 0.15) is 50.5 Å². The molecule has 1 saturated heterocycles. The van der Waals surface area contributed by atoms with Crippen molar-refractivity contribution in [2.24, 2.45) is 0 Å². The van der Waals surface area contributed by atoms with Crippen LogP contribution in [0, 0.1) is 0 Å². The van der Waals surface area contributed by atoms with Gasteiger partial charge in [0.05, 0.1) is 19.6 Å². The summed E-state index contributed by atoms with van der Waals surface area (Å²) in [5, 5.41) is 3.29. The zero-order chi connectivity index (χ0) is 19.3. The lowest BCUT2D eigenvalue weighted by Gasteiger charge is -2.39. The summed E-state index contributed by atoms with van der Waals surface area (Å²) in [5.74, 6) is 0.934. The van der Waals surface area contributed by atoms with E-state index in [0.29, 0.717) is 13.1 Å². The first-order valence-corrected chi connectivity index (χ1v) is 9.87. The molecule has 3 rings (SSSR count). The number of hydrogen-bond acceptors (Lipinski definition) is 4. The molecule has 1 N–H and O–H groups in total. The molecule has 1 aliphatic carbocycles. The molecule has 0 unspecified atom stereocenters. The maximum atomic E-state index is 13.4. The average Bonchev–Trinajstić information content (AvgIpc) is 2.74. The summed E-state index contributed by atoms with van der Waals surface area (Å²) >= 11 is 0. The van der Waals surface area contributed by atoms with Crippen LogP contribution in [0.3, 0.4) is 0 Å². The van der Waals surface area contributed by atoms with Crippen molar-refractivity contribution in [1.29, 1.82) is 0 Å². The number of benzene rings is 1. The van der Waals surface area contributed by atoms with Gasteiger partial charge >= 0.3 is 6.09 Å². The average molecular weight is 374 g/mol. The summed E-state index contributed by atoms with van der Waals surface area (Å²) in [5.41, 5.74) is 0.622. The zero-order valence-electron chi connectivity index (χ0n) is 16.3. The van der Waals surface area contributed by atoms with Crippen molar-refractivity contribution in [2.45, 2.75) is 56.4 Å². The molecule has 6 nitrogen and oxygen atoms in total. The normalized spacial score (nSPS) is 20.0. The topological polar surface area (TPSA) is 67.9 Å². The molecule has 1 saturated carbocycles. The molecule has 27 heavy (non-hydrogen) atoms. The monoisotopic (exact) mass is 374 g/mol. The molecule has 1 aliphatic heterocycles. The predicted molar refractivity (Wildman–Crippen MR) is 103 cm³/mol. The van der Waals surface area contributed by atoms with Crippen molar-refractivity contribution in [3.63, 3.8) is 0 Å². The number of likely N-dealkylation sites (tertiary alicyclic amines) is 1. The Kier molecular flexibility index (Phi) is 6.24. The first-order chi connectivity index (χ1) is 13.1. The van der Waals surface area contributed by atoms with E-state index in [4.69, 9.17) is 9.47 Å². The van der Waals surface area contributed by atoms with Gasteiger partial charge in [0.25, 0.3) is 0 Å². The lowest BCUT2D eigenvalue weighted by Crippen LogP contribution is -2.52. The van der Waals surface area contributed by atoms with Gasteiger partial charge in [-0.3, -0.25) is 4.79 Å². The van der Waals surface area contributed by atoms with Gasteiger partial charge in [0.15, 0.2) is 0 Å². The fourth-order valence-electron chi connectivity index (χ4n) is 4.37. The number of nitrogens with one attached hydrogen (secondary N) is 1. The third-order valence-corrected chi connectivity index (χ3v) is 6.05. The quantitative estimate of drug-likeness (QED) is 0.878. The summed E-state index contributed by atoms with van der Waals surface area (Å²) in [6.45, 7) is 1.24. The molecule has 1 aromatic rings. The van der Waals surface area contributed by atoms with Crippen LogP contribution in [-0.2, 0) is 14.9 Å². The second-order valence-electron chi connectivity index (χ2n) is 7.58. The number of rotatable bonds is 4. The summed E-state index contributed by atoms with van der Waals surface area (Å²) in [7, 11) is 3.05. The fourth-order valence-corrected chi connectivity index (χ4v) is 4.37. The minimum absolute atomic E-state index is 0.107.